The highest BCUT2D eigenvalue weighted by molar-refractivity contribution is 7.15. The summed E-state index contributed by atoms with van der Waals surface area (Å²) in [5.41, 5.74) is 2.19. The van der Waals surface area contributed by atoms with Crippen molar-refractivity contribution in [3.8, 4) is 11.3 Å². The van der Waals surface area contributed by atoms with E-state index in [9.17, 15) is 4.79 Å². The number of rotatable bonds is 2. The van der Waals surface area contributed by atoms with Crippen LogP contribution in [0.15, 0.2) is 40.8 Å². The van der Waals surface area contributed by atoms with Gasteiger partial charge in [0, 0.05) is 29.4 Å². The van der Waals surface area contributed by atoms with Gasteiger partial charge in [0.25, 0.3) is 5.56 Å². The van der Waals surface area contributed by atoms with E-state index in [1.54, 1.807) is 16.8 Å². The van der Waals surface area contributed by atoms with Crippen LogP contribution in [0.3, 0.4) is 0 Å². The van der Waals surface area contributed by atoms with Crippen LogP contribution in [0.4, 0.5) is 0 Å². The average molecular weight is 278 g/mol. The number of halogens is 1. The van der Waals surface area contributed by atoms with Gasteiger partial charge in [0.05, 0.1) is 17.3 Å². The lowest BCUT2D eigenvalue weighted by molar-refractivity contribution is 1.04. The molecule has 0 fully saturated rings. The maximum absolute atomic E-state index is 12.1. The normalized spacial score (nSPS) is 10.9. The number of alkyl halides is 1. The molecule has 0 saturated carbocycles. The quantitative estimate of drug-likeness (QED) is 0.677. The SMILES string of the molecule is O=c1cc(CCl)nc2scc(-c3cccnc3)n12. The maximum Gasteiger partial charge on any atom is 0.259 e. The van der Waals surface area contributed by atoms with Gasteiger partial charge in [-0.3, -0.25) is 14.2 Å². The van der Waals surface area contributed by atoms with Gasteiger partial charge in [-0.2, -0.15) is 0 Å². The van der Waals surface area contributed by atoms with E-state index in [-0.39, 0.29) is 11.4 Å². The van der Waals surface area contributed by atoms with E-state index >= 15 is 0 Å². The van der Waals surface area contributed by atoms with Crippen molar-refractivity contribution in [1.29, 1.82) is 0 Å². The topological polar surface area (TPSA) is 47.3 Å². The van der Waals surface area contributed by atoms with Crippen LogP contribution in [0.25, 0.3) is 16.2 Å². The first-order chi connectivity index (χ1) is 8.79. The van der Waals surface area contributed by atoms with Crippen LogP contribution in [-0.4, -0.2) is 14.4 Å². The number of aromatic nitrogens is 3. The molecular formula is C12H8ClN3OS. The number of fused-ring (bicyclic) bond motifs is 1. The van der Waals surface area contributed by atoms with Crippen LogP contribution < -0.4 is 5.56 Å². The monoisotopic (exact) mass is 277 g/mol. The lowest BCUT2D eigenvalue weighted by Crippen LogP contribution is -2.14. The highest BCUT2D eigenvalue weighted by Gasteiger charge is 2.10. The first-order valence-electron chi connectivity index (χ1n) is 5.26. The van der Waals surface area contributed by atoms with E-state index in [2.05, 4.69) is 9.97 Å². The fraction of sp³-hybridized carbons (Fsp3) is 0.0833. The molecule has 4 nitrogen and oxygen atoms in total. The first-order valence-corrected chi connectivity index (χ1v) is 6.67. The van der Waals surface area contributed by atoms with Gasteiger partial charge in [-0.15, -0.1) is 22.9 Å². The van der Waals surface area contributed by atoms with Crippen molar-refractivity contribution in [2.75, 3.05) is 0 Å². The molecule has 0 radical (unpaired) electrons. The van der Waals surface area contributed by atoms with E-state index in [1.165, 1.54) is 17.4 Å². The molecule has 3 aromatic rings. The Morgan fingerprint density at radius 1 is 1.44 bits per heavy atom. The minimum atomic E-state index is -0.115. The van der Waals surface area contributed by atoms with Crippen molar-refractivity contribution in [3.05, 3.63) is 52.0 Å². The largest absolute Gasteiger partial charge is 0.269 e. The van der Waals surface area contributed by atoms with Gasteiger partial charge in [-0.25, -0.2) is 4.98 Å². The van der Waals surface area contributed by atoms with Gasteiger partial charge in [0.2, 0.25) is 0 Å². The molecule has 0 atom stereocenters. The van der Waals surface area contributed by atoms with Crippen LogP contribution in [0.5, 0.6) is 0 Å². The lowest BCUT2D eigenvalue weighted by atomic mass is 10.2. The molecule has 0 aliphatic rings. The van der Waals surface area contributed by atoms with Crippen molar-refractivity contribution >= 4 is 27.9 Å². The van der Waals surface area contributed by atoms with E-state index < -0.39 is 0 Å². The Balaban J connectivity index is 2.30. The summed E-state index contributed by atoms with van der Waals surface area (Å²) in [4.78, 5) is 21.1. The molecule has 0 saturated heterocycles. The fourth-order valence-corrected chi connectivity index (χ4v) is 2.81. The molecule has 3 rings (SSSR count). The van der Waals surface area contributed by atoms with E-state index in [0.29, 0.717) is 10.7 Å². The van der Waals surface area contributed by atoms with Crippen molar-refractivity contribution in [2.45, 2.75) is 5.88 Å². The zero-order valence-corrected chi connectivity index (χ0v) is 10.8. The second-order valence-corrected chi connectivity index (χ2v) is 4.80. The summed E-state index contributed by atoms with van der Waals surface area (Å²) in [5.74, 6) is 0.242. The number of nitrogens with zero attached hydrogens (tertiary/aromatic N) is 3. The van der Waals surface area contributed by atoms with Gasteiger partial charge in [0.15, 0.2) is 4.96 Å². The predicted molar refractivity (Wildman–Crippen MR) is 72.1 cm³/mol. The minimum absolute atomic E-state index is 0.115. The first kappa shape index (κ1) is 11.4. The van der Waals surface area contributed by atoms with Gasteiger partial charge in [0.1, 0.15) is 0 Å². The van der Waals surface area contributed by atoms with Crippen LogP contribution in [-0.2, 0) is 5.88 Å². The smallest absolute Gasteiger partial charge is 0.259 e. The third-order valence-corrected chi connectivity index (χ3v) is 3.65. The van der Waals surface area contributed by atoms with Gasteiger partial charge in [-0.05, 0) is 12.1 Å². The standard InChI is InChI=1S/C12H8ClN3OS/c13-5-9-4-11(17)16-10(7-18-12(16)15-9)8-2-1-3-14-6-8/h1-4,6-7H,5H2. The molecule has 0 spiro atoms. The Morgan fingerprint density at radius 3 is 3.06 bits per heavy atom. The molecule has 0 bridgehead atoms. The average Bonchev–Trinajstić information content (AvgIpc) is 2.84. The Labute approximate surface area is 112 Å². The number of pyridine rings is 1. The maximum atomic E-state index is 12.1. The molecule has 6 heteroatoms. The summed E-state index contributed by atoms with van der Waals surface area (Å²) in [6.07, 6.45) is 3.42. The highest BCUT2D eigenvalue weighted by Crippen LogP contribution is 2.23. The Bertz CT molecular complexity index is 751. The predicted octanol–water partition coefficient (Wildman–Crippen LogP) is 2.56. The molecule has 0 N–H and O–H groups in total. The van der Waals surface area contributed by atoms with Gasteiger partial charge in [-0.1, -0.05) is 0 Å². The molecule has 0 aliphatic heterocycles. The number of hydrogen-bond acceptors (Lipinski definition) is 4. The molecule has 0 aromatic carbocycles. The Kier molecular flexibility index (Phi) is 2.85. The third-order valence-electron chi connectivity index (χ3n) is 2.55. The molecule has 90 valence electrons. The molecule has 0 unspecified atom stereocenters. The summed E-state index contributed by atoms with van der Waals surface area (Å²) >= 11 is 7.12. The van der Waals surface area contributed by atoms with Gasteiger partial charge < -0.3 is 0 Å². The Morgan fingerprint density at radius 2 is 2.33 bits per heavy atom. The summed E-state index contributed by atoms with van der Waals surface area (Å²) in [6, 6.07) is 5.22. The molecule has 0 aliphatic carbocycles. The van der Waals surface area contributed by atoms with Crippen molar-refractivity contribution < 1.29 is 0 Å². The summed E-state index contributed by atoms with van der Waals surface area (Å²) < 4.78 is 1.58. The van der Waals surface area contributed by atoms with Gasteiger partial charge >= 0.3 is 0 Å². The number of thiazole rings is 1. The van der Waals surface area contributed by atoms with Crippen LogP contribution in [0.2, 0.25) is 0 Å². The second kappa shape index (κ2) is 4.51. The fourth-order valence-electron chi connectivity index (χ4n) is 1.75. The Hall–Kier alpha value is -1.72. The third kappa shape index (κ3) is 1.81. The molecular weight excluding hydrogens is 270 g/mol. The van der Waals surface area contributed by atoms with Crippen molar-refractivity contribution in [1.82, 2.24) is 14.4 Å². The molecule has 3 aromatic heterocycles. The lowest BCUT2D eigenvalue weighted by Gasteiger charge is -2.01. The highest BCUT2D eigenvalue weighted by atomic mass is 35.5. The van der Waals surface area contributed by atoms with E-state index in [4.69, 9.17) is 11.6 Å². The summed E-state index contributed by atoms with van der Waals surface area (Å²) in [5, 5.41) is 1.90. The molecule has 3 heterocycles. The zero-order valence-electron chi connectivity index (χ0n) is 9.21. The van der Waals surface area contributed by atoms with Crippen molar-refractivity contribution in [3.63, 3.8) is 0 Å². The number of hydrogen-bond donors (Lipinski definition) is 0. The second-order valence-electron chi connectivity index (χ2n) is 3.70. The van der Waals surface area contributed by atoms with Crippen LogP contribution >= 0.6 is 22.9 Å². The minimum Gasteiger partial charge on any atom is -0.269 e. The van der Waals surface area contributed by atoms with E-state index in [0.717, 1.165) is 11.3 Å². The van der Waals surface area contributed by atoms with Crippen LogP contribution in [0, 0.1) is 0 Å². The summed E-state index contributed by atoms with van der Waals surface area (Å²) in [7, 11) is 0. The summed E-state index contributed by atoms with van der Waals surface area (Å²) in [6.45, 7) is 0. The molecule has 0 amide bonds. The molecule has 18 heavy (non-hydrogen) atoms. The van der Waals surface area contributed by atoms with E-state index in [1.807, 2.05) is 17.5 Å². The van der Waals surface area contributed by atoms with Crippen molar-refractivity contribution in [2.24, 2.45) is 0 Å². The van der Waals surface area contributed by atoms with Crippen LogP contribution in [0.1, 0.15) is 5.69 Å². The zero-order chi connectivity index (χ0) is 12.5.